The van der Waals surface area contributed by atoms with Gasteiger partial charge in [0.25, 0.3) is 5.56 Å². The normalized spacial score (nSPS) is 21.2. The summed E-state index contributed by atoms with van der Waals surface area (Å²) in [4.78, 5) is 28.2. The van der Waals surface area contributed by atoms with E-state index in [1.54, 1.807) is 31.5 Å². The molecule has 3 aromatic rings. The first-order chi connectivity index (χ1) is 19.8. The second-order valence-electron chi connectivity index (χ2n) is 12.9. The molecule has 10 nitrogen and oxygen atoms in total. The van der Waals surface area contributed by atoms with Gasteiger partial charge in [-0.1, -0.05) is 32.9 Å². The van der Waals surface area contributed by atoms with Crippen LogP contribution in [0.15, 0.2) is 41.3 Å². The number of nitriles is 1. The van der Waals surface area contributed by atoms with Crippen molar-refractivity contribution in [3.8, 4) is 6.07 Å². The molecular formula is C30H36F3N5O5. The van der Waals surface area contributed by atoms with Gasteiger partial charge in [0, 0.05) is 17.3 Å². The highest BCUT2D eigenvalue weighted by Gasteiger charge is 2.61. The number of ether oxygens (including phenoxy) is 2. The van der Waals surface area contributed by atoms with Crippen LogP contribution in [-0.4, -0.2) is 50.3 Å². The summed E-state index contributed by atoms with van der Waals surface area (Å²) in [6.45, 7) is 9.13. The molecule has 13 heteroatoms. The third kappa shape index (κ3) is 5.99. The van der Waals surface area contributed by atoms with E-state index < -0.39 is 46.0 Å². The van der Waals surface area contributed by atoms with Crippen LogP contribution in [0.3, 0.4) is 0 Å². The number of halogens is 3. The Morgan fingerprint density at radius 2 is 1.86 bits per heavy atom. The molecule has 232 valence electrons. The van der Waals surface area contributed by atoms with Crippen molar-refractivity contribution in [2.45, 2.75) is 89.8 Å². The third-order valence-electron chi connectivity index (χ3n) is 7.62. The summed E-state index contributed by atoms with van der Waals surface area (Å²) in [7, 11) is 0. The smallest absolute Gasteiger partial charge is 0.421 e. The van der Waals surface area contributed by atoms with Crippen LogP contribution >= 0.6 is 0 Å². The Balaban J connectivity index is 1.70. The van der Waals surface area contributed by atoms with Crippen LogP contribution in [0.4, 0.5) is 24.7 Å². The number of aromatic nitrogens is 3. The minimum Gasteiger partial charge on any atom is -0.458 e. The molecular weight excluding hydrogens is 567 g/mol. The number of H-pyrrole nitrogens is 1. The average Bonchev–Trinajstić information content (AvgIpc) is 3.27. The van der Waals surface area contributed by atoms with Crippen molar-refractivity contribution in [3.63, 3.8) is 0 Å². The van der Waals surface area contributed by atoms with Crippen molar-refractivity contribution in [2.24, 2.45) is 5.41 Å². The summed E-state index contributed by atoms with van der Waals surface area (Å²) in [6, 6.07) is 8.86. The maximum Gasteiger partial charge on any atom is 0.421 e. The fourth-order valence-electron chi connectivity index (χ4n) is 5.37. The molecule has 3 unspecified atom stereocenters. The van der Waals surface area contributed by atoms with Crippen molar-refractivity contribution < 1.29 is 32.5 Å². The molecule has 3 atom stereocenters. The number of esters is 1. The number of hydrogen-bond donors (Lipinski definition) is 3. The van der Waals surface area contributed by atoms with E-state index in [1.165, 1.54) is 51.2 Å². The molecule has 4 rings (SSSR count). The van der Waals surface area contributed by atoms with Gasteiger partial charge >= 0.3 is 12.1 Å². The summed E-state index contributed by atoms with van der Waals surface area (Å²) in [6.07, 6.45) is -3.77. The second-order valence-corrected chi connectivity index (χ2v) is 12.9. The maximum atomic E-state index is 14.0. The summed E-state index contributed by atoms with van der Waals surface area (Å²) in [5, 5.41) is 28.3. The molecule has 0 spiro atoms. The number of carbonyl (C=O) groups is 1. The number of alkyl halides is 3. The monoisotopic (exact) mass is 603 g/mol. The topological polar surface area (TPSA) is 142 Å². The van der Waals surface area contributed by atoms with Gasteiger partial charge in [0.2, 0.25) is 0 Å². The van der Waals surface area contributed by atoms with Crippen LogP contribution in [0.1, 0.15) is 66.4 Å². The lowest BCUT2D eigenvalue weighted by Gasteiger charge is -2.41. The summed E-state index contributed by atoms with van der Waals surface area (Å²) in [5.74, 6) is -0.396. The Hall–Kier alpha value is -3.89. The van der Waals surface area contributed by atoms with E-state index in [1.807, 2.05) is 0 Å². The van der Waals surface area contributed by atoms with E-state index in [4.69, 9.17) is 9.47 Å². The number of aromatic amines is 1. The van der Waals surface area contributed by atoms with Crippen LogP contribution in [0, 0.1) is 16.7 Å². The number of fused-ring (bicyclic) bond motifs is 1. The molecule has 43 heavy (non-hydrogen) atoms. The molecule has 1 fully saturated rings. The summed E-state index contributed by atoms with van der Waals surface area (Å²) >= 11 is 0. The highest BCUT2D eigenvalue weighted by Crippen LogP contribution is 2.50. The van der Waals surface area contributed by atoms with Crippen molar-refractivity contribution in [3.05, 3.63) is 52.4 Å². The Kier molecular flexibility index (Phi) is 8.19. The van der Waals surface area contributed by atoms with Gasteiger partial charge in [-0.05, 0) is 57.4 Å². The van der Waals surface area contributed by atoms with Gasteiger partial charge in [-0.25, -0.2) is 4.79 Å². The first-order valence-corrected chi connectivity index (χ1v) is 13.8. The first-order valence-electron chi connectivity index (χ1n) is 13.8. The highest BCUT2D eigenvalue weighted by molar-refractivity contribution is 5.91. The fraction of sp³-hybridized carbons (Fsp3) is 0.533. The molecule has 0 amide bonds. The number of pyridine rings is 1. The number of aliphatic hydroxyl groups is 1. The number of hydrogen-bond acceptors (Lipinski definition) is 8. The SMILES string of the molecule is CC(C)(C)OC(=O)C1CCC(CC#N)(n2nc(Nc3ccc(C(O)(C(C)(C)C)C(F)(F)F)cc3)c3c(=O)[nH]ccc32)CO1. The Morgan fingerprint density at radius 1 is 1.21 bits per heavy atom. The standard InChI is InChI=1S/C30H36F3N5O5/c1-26(2,3)29(41,30(31,32)33)18-7-9-19(10-8-18)36-23-22-20(12-16-35-24(22)39)38(37-23)28(14-15-34)13-11-21(42-17-28)25(40)43-27(4,5)6/h7-10,12,16,21,41H,11,13-14,17H2,1-6H3,(H,35,39)(H,36,37). The molecule has 0 bridgehead atoms. The van der Waals surface area contributed by atoms with Crippen LogP contribution in [0.2, 0.25) is 0 Å². The number of carbonyl (C=O) groups excluding carboxylic acids is 1. The van der Waals surface area contributed by atoms with Gasteiger partial charge in [0.15, 0.2) is 17.5 Å². The first kappa shape index (κ1) is 32.0. The van der Waals surface area contributed by atoms with Crippen LogP contribution in [-0.2, 0) is 25.4 Å². The summed E-state index contributed by atoms with van der Waals surface area (Å²) < 4.78 is 54.9. The lowest BCUT2D eigenvalue weighted by atomic mass is 9.71. The number of anilines is 2. The van der Waals surface area contributed by atoms with Gasteiger partial charge in [0.1, 0.15) is 11.0 Å². The van der Waals surface area contributed by atoms with Gasteiger partial charge < -0.3 is 24.9 Å². The van der Waals surface area contributed by atoms with E-state index in [2.05, 4.69) is 21.5 Å². The quantitative estimate of drug-likeness (QED) is 0.318. The molecule has 0 aliphatic carbocycles. The second kappa shape index (κ2) is 11.0. The minimum atomic E-state index is -4.93. The van der Waals surface area contributed by atoms with Crippen molar-refractivity contribution in [1.82, 2.24) is 14.8 Å². The minimum absolute atomic E-state index is 0.0332. The van der Waals surface area contributed by atoms with Gasteiger partial charge in [-0.15, -0.1) is 0 Å². The van der Waals surface area contributed by atoms with E-state index in [0.29, 0.717) is 17.6 Å². The van der Waals surface area contributed by atoms with Crippen molar-refractivity contribution in [2.75, 3.05) is 11.9 Å². The molecule has 3 N–H and O–H groups in total. The van der Waals surface area contributed by atoms with E-state index in [-0.39, 0.29) is 36.2 Å². The highest BCUT2D eigenvalue weighted by atomic mass is 19.4. The fourth-order valence-corrected chi connectivity index (χ4v) is 5.37. The van der Waals surface area contributed by atoms with Crippen LogP contribution in [0.5, 0.6) is 0 Å². The maximum absolute atomic E-state index is 14.0. The molecule has 1 saturated heterocycles. The van der Waals surface area contributed by atoms with E-state index in [9.17, 15) is 33.1 Å². The van der Waals surface area contributed by atoms with Crippen LogP contribution < -0.4 is 10.9 Å². The number of nitrogens with zero attached hydrogens (tertiary/aromatic N) is 3. The van der Waals surface area contributed by atoms with Crippen molar-refractivity contribution >= 4 is 28.4 Å². The number of rotatable bonds is 6. The molecule has 0 saturated carbocycles. The molecule has 2 aromatic heterocycles. The number of nitrogens with one attached hydrogen (secondary N) is 2. The third-order valence-corrected chi connectivity index (χ3v) is 7.62. The zero-order valence-electron chi connectivity index (χ0n) is 24.9. The summed E-state index contributed by atoms with van der Waals surface area (Å²) in [5.41, 5.74) is -6.46. The van der Waals surface area contributed by atoms with Gasteiger partial charge in [0.05, 0.1) is 30.2 Å². The van der Waals surface area contributed by atoms with E-state index >= 15 is 0 Å². The molecule has 1 aliphatic heterocycles. The van der Waals surface area contributed by atoms with Crippen molar-refractivity contribution in [1.29, 1.82) is 5.26 Å². The van der Waals surface area contributed by atoms with Crippen LogP contribution in [0.25, 0.3) is 10.9 Å². The molecule has 1 aromatic carbocycles. The average molecular weight is 604 g/mol. The lowest BCUT2D eigenvalue weighted by molar-refractivity contribution is -0.302. The predicted octanol–water partition coefficient (Wildman–Crippen LogP) is 5.39. The number of benzene rings is 1. The largest absolute Gasteiger partial charge is 0.458 e. The Labute approximate surface area is 246 Å². The van der Waals surface area contributed by atoms with Gasteiger partial charge in [-0.3, -0.25) is 9.48 Å². The zero-order valence-corrected chi connectivity index (χ0v) is 24.9. The van der Waals surface area contributed by atoms with Gasteiger partial charge in [-0.2, -0.15) is 23.5 Å². The van der Waals surface area contributed by atoms with E-state index in [0.717, 1.165) is 0 Å². The Morgan fingerprint density at radius 3 is 2.37 bits per heavy atom. The lowest BCUT2D eigenvalue weighted by Crippen LogP contribution is -2.52. The molecule has 0 radical (unpaired) electrons. The zero-order chi connectivity index (χ0) is 32.0. The predicted molar refractivity (Wildman–Crippen MR) is 153 cm³/mol. The molecule has 1 aliphatic rings. The molecule has 3 heterocycles. The Bertz CT molecular complexity index is 1570.